The standard InChI is InChI=1S/CH2N4.Pb.2H/c1-2-4-5-3-1;;;/h1H,(H,2,3,4,5);;;. The Balaban J connectivity index is 0.000000250. The van der Waals surface area contributed by atoms with E-state index in [1.165, 1.54) is 6.33 Å². The first kappa shape index (κ1) is 5.99. The molecular formula is CH4N4Pb. The molecule has 1 rings (SSSR count). The molecule has 0 aliphatic carbocycles. The van der Waals surface area contributed by atoms with Crippen LogP contribution in [0.5, 0.6) is 0 Å². The Bertz CT molecular complexity index is 64.0. The van der Waals surface area contributed by atoms with Gasteiger partial charge in [-0.3, -0.25) is 0 Å². The number of rotatable bonds is 0. The van der Waals surface area contributed by atoms with Crippen LogP contribution in [0, 0.1) is 0 Å². The van der Waals surface area contributed by atoms with Crippen LogP contribution < -0.4 is 0 Å². The number of nitrogens with zero attached hydrogens (tertiary/aromatic N) is 3. The minimum Gasteiger partial charge on any atom is -0.246 e. The summed E-state index contributed by atoms with van der Waals surface area (Å²) in [6, 6.07) is 0. The number of H-pyrrole nitrogens is 1. The summed E-state index contributed by atoms with van der Waals surface area (Å²) in [5.41, 5.74) is 0. The van der Waals surface area contributed by atoms with Crippen molar-refractivity contribution in [2.45, 2.75) is 0 Å². The van der Waals surface area contributed by atoms with Gasteiger partial charge in [0.1, 0.15) is 6.33 Å². The molecule has 0 unspecified atom stereocenters. The number of aromatic nitrogens is 4. The minimum absolute atomic E-state index is 0. The SMILES string of the molecule is [PbH2].c1nnn[nH]1. The average molecular weight is 279 g/mol. The summed E-state index contributed by atoms with van der Waals surface area (Å²) >= 11 is 0. The summed E-state index contributed by atoms with van der Waals surface area (Å²) in [7, 11) is 0. The second-order valence-electron chi connectivity index (χ2n) is 0.563. The molecule has 2 radical (unpaired) electrons. The molecule has 0 fully saturated rings. The van der Waals surface area contributed by atoms with E-state index in [4.69, 9.17) is 0 Å². The first-order valence-corrected chi connectivity index (χ1v) is 1.17. The molecule has 1 heterocycles. The third-order valence-electron chi connectivity index (χ3n) is 0.270. The predicted molar refractivity (Wildman–Crippen MR) is 22.7 cm³/mol. The van der Waals surface area contributed by atoms with Gasteiger partial charge in [0.2, 0.25) is 0 Å². The second-order valence-corrected chi connectivity index (χ2v) is 0.563. The predicted octanol–water partition coefficient (Wildman–Crippen LogP) is -1.72. The van der Waals surface area contributed by atoms with Crippen LogP contribution in [0.1, 0.15) is 0 Å². The van der Waals surface area contributed by atoms with Crippen LogP contribution in [-0.4, -0.2) is 47.9 Å². The van der Waals surface area contributed by atoms with Gasteiger partial charge >= 0.3 is 27.3 Å². The Kier molecular flexibility index (Phi) is 3.19. The molecule has 0 aromatic carbocycles. The third kappa shape index (κ3) is 1.43. The van der Waals surface area contributed by atoms with Crippen LogP contribution in [0.2, 0.25) is 0 Å². The smallest absolute Gasteiger partial charge is 0.135 e. The maximum atomic E-state index is 3.31. The van der Waals surface area contributed by atoms with E-state index in [2.05, 4.69) is 20.6 Å². The van der Waals surface area contributed by atoms with Crippen molar-refractivity contribution in [3.8, 4) is 0 Å². The van der Waals surface area contributed by atoms with Crippen LogP contribution in [0.4, 0.5) is 0 Å². The van der Waals surface area contributed by atoms with Gasteiger partial charge in [0.15, 0.2) is 0 Å². The van der Waals surface area contributed by atoms with Crippen molar-refractivity contribution in [1.82, 2.24) is 20.6 Å². The summed E-state index contributed by atoms with van der Waals surface area (Å²) < 4.78 is 0. The largest absolute Gasteiger partial charge is 0.246 e. The van der Waals surface area contributed by atoms with Gasteiger partial charge in [0.05, 0.1) is 0 Å². The second kappa shape index (κ2) is 3.19. The van der Waals surface area contributed by atoms with Crippen molar-refractivity contribution in [2.75, 3.05) is 0 Å². The molecule has 0 saturated heterocycles. The molecule has 0 atom stereocenters. The van der Waals surface area contributed by atoms with E-state index in [1.54, 1.807) is 0 Å². The summed E-state index contributed by atoms with van der Waals surface area (Å²) in [4.78, 5) is 0. The van der Waals surface area contributed by atoms with Gasteiger partial charge < -0.3 is 0 Å². The van der Waals surface area contributed by atoms with E-state index >= 15 is 0 Å². The zero-order valence-corrected chi connectivity index (χ0v) is 8.62. The van der Waals surface area contributed by atoms with Crippen LogP contribution >= 0.6 is 0 Å². The first-order chi connectivity index (χ1) is 2.50. The normalized spacial score (nSPS) is 6.67. The molecule has 0 amide bonds. The summed E-state index contributed by atoms with van der Waals surface area (Å²) in [5, 5.41) is 12.1. The number of hydrogen-bond acceptors (Lipinski definition) is 3. The summed E-state index contributed by atoms with van der Waals surface area (Å²) in [5.74, 6) is 0. The molecule has 6 heavy (non-hydrogen) atoms. The Morgan fingerprint density at radius 1 is 1.50 bits per heavy atom. The Morgan fingerprint density at radius 3 is 2.50 bits per heavy atom. The molecule has 0 bridgehead atoms. The quantitative estimate of drug-likeness (QED) is 0.575. The van der Waals surface area contributed by atoms with E-state index < -0.39 is 0 Å². The molecule has 1 N–H and O–H groups in total. The van der Waals surface area contributed by atoms with Crippen LogP contribution in [0.25, 0.3) is 0 Å². The topological polar surface area (TPSA) is 54.5 Å². The molecule has 32 valence electrons. The fraction of sp³-hybridized carbons (Fsp3) is 0. The molecular weight excluding hydrogens is 275 g/mol. The van der Waals surface area contributed by atoms with Crippen LogP contribution in [0.15, 0.2) is 6.33 Å². The van der Waals surface area contributed by atoms with Crippen molar-refractivity contribution >= 4 is 27.3 Å². The Labute approximate surface area is 54.5 Å². The molecule has 1 aromatic heterocycles. The number of tetrazole rings is 1. The fourth-order valence-corrected chi connectivity index (χ4v) is 0.129. The number of hydrogen-bond donors (Lipinski definition) is 1. The Morgan fingerprint density at radius 2 is 2.33 bits per heavy atom. The zero-order chi connectivity index (χ0) is 3.54. The van der Waals surface area contributed by atoms with Gasteiger partial charge in [-0.15, -0.1) is 5.10 Å². The van der Waals surface area contributed by atoms with Gasteiger partial charge in [0, 0.05) is 0 Å². The number of nitrogens with one attached hydrogen (secondary N) is 1. The Hall–Kier alpha value is -0.00792. The van der Waals surface area contributed by atoms with Gasteiger partial charge in [-0.2, -0.15) is 0 Å². The van der Waals surface area contributed by atoms with Crippen LogP contribution in [-0.2, 0) is 0 Å². The van der Waals surface area contributed by atoms with E-state index in [1.807, 2.05) is 0 Å². The van der Waals surface area contributed by atoms with Gasteiger partial charge in [-0.25, -0.2) is 5.10 Å². The first-order valence-electron chi connectivity index (χ1n) is 1.17. The van der Waals surface area contributed by atoms with Gasteiger partial charge in [-0.05, 0) is 10.4 Å². The molecule has 0 aliphatic heterocycles. The van der Waals surface area contributed by atoms with Crippen molar-refractivity contribution in [3.63, 3.8) is 0 Å². The van der Waals surface area contributed by atoms with Gasteiger partial charge in [0.25, 0.3) is 0 Å². The summed E-state index contributed by atoms with van der Waals surface area (Å²) in [6.07, 6.45) is 1.40. The van der Waals surface area contributed by atoms with E-state index in [9.17, 15) is 0 Å². The third-order valence-corrected chi connectivity index (χ3v) is 0.270. The molecule has 5 heteroatoms. The van der Waals surface area contributed by atoms with E-state index in [-0.39, 0.29) is 27.3 Å². The van der Waals surface area contributed by atoms with E-state index in [0.29, 0.717) is 0 Å². The van der Waals surface area contributed by atoms with Gasteiger partial charge in [-0.1, -0.05) is 0 Å². The van der Waals surface area contributed by atoms with E-state index in [0.717, 1.165) is 0 Å². The minimum atomic E-state index is 0. The zero-order valence-electron chi connectivity index (χ0n) is 3.13. The van der Waals surface area contributed by atoms with Crippen LogP contribution in [0.3, 0.4) is 0 Å². The van der Waals surface area contributed by atoms with Crippen molar-refractivity contribution in [2.24, 2.45) is 0 Å². The molecule has 0 spiro atoms. The van der Waals surface area contributed by atoms with Crippen molar-refractivity contribution < 1.29 is 0 Å². The maximum absolute atomic E-state index is 3.31. The molecule has 0 saturated carbocycles. The summed E-state index contributed by atoms with van der Waals surface area (Å²) in [6.45, 7) is 0. The molecule has 4 nitrogen and oxygen atoms in total. The van der Waals surface area contributed by atoms with Crippen molar-refractivity contribution in [1.29, 1.82) is 0 Å². The molecule has 0 aliphatic rings. The van der Waals surface area contributed by atoms with Crippen molar-refractivity contribution in [3.05, 3.63) is 6.33 Å². The maximum Gasteiger partial charge on any atom is 0.135 e. The molecule has 1 aromatic rings. The number of aromatic amines is 1. The average Bonchev–Trinajstić information content (AvgIpc) is 1.76. The monoisotopic (exact) mass is 280 g/mol. The fourth-order valence-electron chi connectivity index (χ4n) is 0.129.